The van der Waals surface area contributed by atoms with Crippen LogP contribution in [0.5, 0.6) is 0 Å². The number of nitrogen functional groups attached to an aromatic ring is 1. The summed E-state index contributed by atoms with van der Waals surface area (Å²) >= 11 is 1.71. The molecule has 1 aliphatic carbocycles. The standard InChI is InChI=1S/C13H19N5S/c1-2-9-6-10-11(15-7-8-4-3-5-8)16-13(18-14)17-12(10)19-9/h6,8H,2-5,7,14H2,1H3,(H2,15,16,17,18). The number of aromatic nitrogens is 2. The summed E-state index contributed by atoms with van der Waals surface area (Å²) in [6.07, 6.45) is 5.04. The Hall–Kier alpha value is -1.40. The van der Waals surface area contributed by atoms with E-state index in [2.05, 4.69) is 33.7 Å². The van der Waals surface area contributed by atoms with Crippen LogP contribution in [0.4, 0.5) is 11.8 Å². The molecule has 0 unspecified atom stereocenters. The van der Waals surface area contributed by atoms with Crippen molar-refractivity contribution in [3.8, 4) is 0 Å². The number of anilines is 2. The maximum absolute atomic E-state index is 5.44. The zero-order valence-corrected chi connectivity index (χ0v) is 11.9. The van der Waals surface area contributed by atoms with Crippen molar-refractivity contribution in [3.05, 3.63) is 10.9 Å². The summed E-state index contributed by atoms with van der Waals surface area (Å²) < 4.78 is 0. The lowest BCUT2D eigenvalue weighted by Gasteiger charge is -2.25. The van der Waals surface area contributed by atoms with Gasteiger partial charge in [-0.05, 0) is 31.2 Å². The zero-order valence-electron chi connectivity index (χ0n) is 11.1. The topological polar surface area (TPSA) is 75.9 Å². The van der Waals surface area contributed by atoms with E-state index in [1.165, 1.54) is 24.1 Å². The molecule has 0 aliphatic heterocycles. The van der Waals surface area contributed by atoms with E-state index in [4.69, 9.17) is 5.84 Å². The summed E-state index contributed by atoms with van der Waals surface area (Å²) in [5.74, 6) is 7.62. The van der Waals surface area contributed by atoms with Gasteiger partial charge in [-0.2, -0.15) is 4.98 Å². The number of nitrogens with zero attached hydrogens (tertiary/aromatic N) is 2. The second-order valence-corrected chi connectivity index (χ2v) is 6.12. The van der Waals surface area contributed by atoms with Gasteiger partial charge in [-0.1, -0.05) is 13.3 Å². The third kappa shape index (κ3) is 2.50. The van der Waals surface area contributed by atoms with Gasteiger partial charge < -0.3 is 5.32 Å². The van der Waals surface area contributed by atoms with E-state index < -0.39 is 0 Å². The maximum Gasteiger partial charge on any atom is 0.240 e. The molecule has 6 heteroatoms. The van der Waals surface area contributed by atoms with E-state index >= 15 is 0 Å². The monoisotopic (exact) mass is 277 g/mol. The smallest absolute Gasteiger partial charge is 0.240 e. The average Bonchev–Trinajstić information content (AvgIpc) is 2.79. The lowest BCUT2D eigenvalue weighted by Crippen LogP contribution is -2.21. The Morgan fingerprint density at radius 3 is 2.89 bits per heavy atom. The molecule has 5 nitrogen and oxygen atoms in total. The first kappa shape index (κ1) is 12.6. The van der Waals surface area contributed by atoms with Crippen LogP contribution in [-0.4, -0.2) is 16.5 Å². The van der Waals surface area contributed by atoms with Crippen LogP contribution >= 0.6 is 11.3 Å². The Morgan fingerprint density at radius 2 is 2.26 bits per heavy atom. The van der Waals surface area contributed by atoms with Crippen LogP contribution in [0, 0.1) is 5.92 Å². The molecule has 0 radical (unpaired) electrons. The van der Waals surface area contributed by atoms with Crippen LogP contribution in [0.25, 0.3) is 10.2 Å². The molecule has 0 spiro atoms. The molecule has 0 aromatic carbocycles. The van der Waals surface area contributed by atoms with Crippen molar-refractivity contribution in [2.75, 3.05) is 17.3 Å². The van der Waals surface area contributed by atoms with Crippen LogP contribution in [0.15, 0.2) is 6.07 Å². The summed E-state index contributed by atoms with van der Waals surface area (Å²) in [7, 11) is 0. The zero-order chi connectivity index (χ0) is 13.2. The fraction of sp³-hybridized carbons (Fsp3) is 0.538. The third-order valence-corrected chi connectivity index (χ3v) is 4.88. The first-order chi connectivity index (χ1) is 9.30. The van der Waals surface area contributed by atoms with Gasteiger partial charge in [0.25, 0.3) is 0 Å². The van der Waals surface area contributed by atoms with Crippen molar-refractivity contribution >= 4 is 33.3 Å². The minimum atomic E-state index is 0.480. The molecular formula is C13H19N5S. The molecule has 0 amide bonds. The highest BCUT2D eigenvalue weighted by Gasteiger charge is 2.18. The average molecular weight is 277 g/mol. The highest BCUT2D eigenvalue weighted by atomic mass is 32.1. The second-order valence-electron chi connectivity index (χ2n) is 5.00. The second kappa shape index (κ2) is 5.30. The number of fused-ring (bicyclic) bond motifs is 1. The maximum atomic E-state index is 5.44. The van der Waals surface area contributed by atoms with Crippen molar-refractivity contribution in [2.45, 2.75) is 32.6 Å². The number of hydrogen-bond donors (Lipinski definition) is 3. The summed E-state index contributed by atoms with van der Waals surface area (Å²) in [6, 6.07) is 2.18. The molecule has 4 N–H and O–H groups in total. The van der Waals surface area contributed by atoms with Crippen molar-refractivity contribution in [1.82, 2.24) is 9.97 Å². The summed E-state index contributed by atoms with van der Waals surface area (Å²) in [4.78, 5) is 11.2. The number of nitrogens with one attached hydrogen (secondary N) is 2. The molecule has 0 saturated heterocycles. The Bertz CT molecular complexity index is 576. The van der Waals surface area contributed by atoms with Crippen LogP contribution in [0.2, 0.25) is 0 Å². The highest BCUT2D eigenvalue weighted by molar-refractivity contribution is 7.18. The van der Waals surface area contributed by atoms with Gasteiger partial charge in [-0.15, -0.1) is 11.3 Å². The normalized spacial score (nSPS) is 15.5. The van der Waals surface area contributed by atoms with Gasteiger partial charge in [-0.3, -0.25) is 5.43 Å². The molecule has 1 fully saturated rings. The predicted octanol–water partition coefficient (Wildman–Crippen LogP) is 2.75. The Kier molecular flexibility index (Phi) is 3.52. The van der Waals surface area contributed by atoms with E-state index in [-0.39, 0.29) is 0 Å². The molecule has 1 saturated carbocycles. The summed E-state index contributed by atoms with van der Waals surface area (Å²) in [6.45, 7) is 3.15. The molecule has 0 atom stereocenters. The van der Waals surface area contributed by atoms with Crippen molar-refractivity contribution < 1.29 is 0 Å². The molecule has 0 bridgehead atoms. The molecule has 3 rings (SSSR count). The highest BCUT2D eigenvalue weighted by Crippen LogP contribution is 2.32. The number of nitrogens with two attached hydrogens (primary N) is 1. The van der Waals surface area contributed by atoms with Gasteiger partial charge in [0.15, 0.2) is 0 Å². The predicted molar refractivity (Wildman–Crippen MR) is 80.4 cm³/mol. The van der Waals surface area contributed by atoms with Crippen LogP contribution in [-0.2, 0) is 6.42 Å². The minimum Gasteiger partial charge on any atom is -0.369 e. The van der Waals surface area contributed by atoms with Crippen molar-refractivity contribution in [3.63, 3.8) is 0 Å². The molecular weight excluding hydrogens is 258 g/mol. The lowest BCUT2D eigenvalue weighted by molar-refractivity contribution is 0.333. The van der Waals surface area contributed by atoms with Gasteiger partial charge >= 0.3 is 0 Å². The SMILES string of the molecule is CCc1cc2c(NCC3CCC3)nc(NN)nc2s1. The van der Waals surface area contributed by atoms with E-state index in [0.29, 0.717) is 5.95 Å². The quantitative estimate of drug-likeness (QED) is 0.579. The molecule has 102 valence electrons. The third-order valence-electron chi connectivity index (χ3n) is 3.70. The number of aryl methyl sites for hydroxylation is 1. The fourth-order valence-corrected chi connectivity index (χ4v) is 3.25. The molecule has 2 aromatic rings. The van der Waals surface area contributed by atoms with E-state index in [0.717, 1.165) is 34.9 Å². The molecule has 2 aromatic heterocycles. The van der Waals surface area contributed by atoms with Gasteiger partial charge in [-0.25, -0.2) is 10.8 Å². The van der Waals surface area contributed by atoms with Gasteiger partial charge in [0, 0.05) is 11.4 Å². The number of hydrazine groups is 1. The van der Waals surface area contributed by atoms with Crippen molar-refractivity contribution in [1.29, 1.82) is 0 Å². The summed E-state index contributed by atoms with van der Waals surface area (Å²) in [5, 5.41) is 4.57. The first-order valence-corrected chi connectivity index (χ1v) is 7.62. The van der Waals surface area contributed by atoms with E-state index in [9.17, 15) is 0 Å². The Balaban J connectivity index is 1.91. The van der Waals surface area contributed by atoms with Crippen LogP contribution in [0.1, 0.15) is 31.1 Å². The molecule has 19 heavy (non-hydrogen) atoms. The molecule has 1 aliphatic rings. The number of hydrogen-bond acceptors (Lipinski definition) is 6. The van der Waals surface area contributed by atoms with E-state index in [1.807, 2.05) is 0 Å². The van der Waals surface area contributed by atoms with Gasteiger partial charge in [0.1, 0.15) is 10.6 Å². The van der Waals surface area contributed by atoms with Gasteiger partial charge in [0.2, 0.25) is 5.95 Å². The lowest BCUT2D eigenvalue weighted by atomic mass is 9.85. The first-order valence-electron chi connectivity index (χ1n) is 6.81. The number of thiophene rings is 1. The molecule has 2 heterocycles. The Morgan fingerprint density at radius 1 is 1.42 bits per heavy atom. The van der Waals surface area contributed by atoms with Crippen LogP contribution < -0.4 is 16.6 Å². The number of rotatable bonds is 5. The largest absolute Gasteiger partial charge is 0.369 e. The summed E-state index contributed by atoms with van der Waals surface area (Å²) in [5.41, 5.74) is 2.55. The minimum absolute atomic E-state index is 0.480. The van der Waals surface area contributed by atoms with Crippen LogP contribution in [0.3, 0.4) is 0 Å². The van der Waals surface area contributed by atoms with Gasteiger partial charge in [0.05, 0.1) is 5.39 Å². The Labute approximate surface area is 116 Å². The fourth-order valence-electron chi connectivity index (χ4n) is 2.28. The van der Waals surface area contributed by atoms with E-state index in [1.54, 1.807) is 11.3 Å². The van der Waals surface area contributed by atoms with Crippen molar-refractivity contribution in [2.24, 2.45) is 11.8 Å².